The average Bonchev–Trinajstić information content (AvgIpc) is 2.73. The van der Waals surface area contributed by atoms with Gasteiger partial charge in [0.1, 0.15) is 11.7 Å². The van der Waals surface area contributed by atoms with Crippen molar-refractivity contribution < 1.29 is 9.53 Å². The standard InChI is InChI=1S/C15H20N2O2/c1-5-11(15(18)19-6-2)14-16-12-7-9(3)10(4)8-13(12)17-14/h7-8,11H,5-6H2,1-4H3,(H,16,17). The van der Waals surface area contributed by atoms with Crippen molar-refractivity contribution >= 4 is 17.0 Å². The molecule has 1 aromatic carbocycles. The second kappa shape index (κ2) is 5.43. The van der Waals surface area contributed by atoms with Crippen molar-refractivity contribution in [2.24, 2.45) is 0 Å². The van der Waals surface area contributed by atoms with Gasteiger partial charge in [-0.05, 0) is 50.5 Å². The summed E-state index contributed by atoms with van der Waals surface area (Å²) < 4.78 is 5.09. The van der Waals surface area contributed by atoms with Crippen molar-refractivity contribution in [3.05, 3.63) is 29.1 Å². The lowest BCUT2D eigenvalue weighted by Crippen LogP contribution is -2.16. The minimum Gasteiger partial charge on any atom is -0.465 e. The molecule has 0 amide bonds. The third-order valence-corrected chi connectivity index (χ3v) is 3.43. The van der Waals surface area contributed by atoms with E-state index in [1.165, 1.54) is 11.1 Å². The third kappa shape index (κ3) is 2.62. The van der Waals surface area contributed by atoms with Crippen LogP contribution in [-0.2, 0) is 9.53 Å². The van der Waals surface area contributed by atoms with Crippen molar-refractivity contribution in [3.63, 3.8) is 0 Å². The van der Waals surface area contributed by atoms with Crippen molar-refractivity contribution in [1.29, 1.82) is 0 Å². The van der Waals surface area contributed by atoms with Gasteiger partial charge in [-0.1, -0.05) is 6.92 Å². The molecule has 0 aliphatic heterocycles. The van der Waals surface area contributed by atoms with Gasteiger partial charge < -0.3 is 9.72 Å². The number of carbonyl (C=O) groups is 1. The van der Waals surface area contributed by atoms with E-state index in [-0.39, 0.29) is 11.9 Å². The number of aryl methyl sites for hydroxylation is 2. The van der Waals surface area contributed by atoms with Gasteiger partial charge >= 0.3 is 5.97 Å². The quantitative estimate of drug-likeness (QED) is 0.859. The van der Waals surface area contributed by atoms with Gasteiger partial charge in [0, 0.05) is 0 Å². The Labute approximate surface area is 113 Å². The number of esters is 1. The van der Waals surface area contributed by atoms with Crippen LogP contribution < -0.4 is 0 Å². The van der Waals surface area contributed by atoms with E-state index in [4.69, 9.17) is 4.74 Å². The van der Waals surface area contributed by atoms with Crippen molar-refractivity contribution in [2.45, 2.75) is 40.0 Å². The lowest BCUT2D eigenvalue weighted by molar-refractivity contribution is -0.145. The van der Waals surface area contributed by atoms with Crippen molar-refractivity contribution in [2.75, 3.05) is 6.61 Å². The van der Waals surface area contributed by atoms with E-state index >= 15 is 0 Å². The Balaban J connectivity index is 2.41. The van der Waals surface area contributed by atoms with Crippen LogP contribution in [0.25, 0.3) is 11.0 Å². The minimum absolute atomic E-state index is 0.211. The number of benzene rings is 1. The molecule has 1 N–H and O–H groups in total. The zero-order chi connectivity index (χ0) is 14.0. The van der Waals surface area contributed by atoms with E-state index in [0.29, 0.717) is 18.9 Å². The molecular formula is C15H20N2O2. The summed E-state index contributed by atoms with van der Waals surface area (Å²) in [7, 11) is 0. The highest BCUT2D eigenvalue weighted by Gasteiger charge is 2.23. The first-order valence-corrected chi connectivity index (χ1v) is 6.70. The van der Waals surface area contributed by atoms with Crippen LogP contribution in [0.5, 0.6) is 0 Å². The maximum Gasteiger partial charge on any atom is 0.316 e. The van der Waals surface area contributed by atoms with Crippen LogP contribution in [0.1, 0.15) is 43.1 Å². The molecule has 1 atom stereocenters. The van der Waals surface area contributed by atoms with Gasteiger partial charge in [-0.15, -0.1) is 0 Å². The first-order chi connectivity index (χ1) is 9.06. The lowest BCUT2D eigenvalue weighted by Gasteiger charge is -2.10. The number of hydrogen-bond acceptors (Lipinski definition) is 3. The number of carbonyl (C=O) groups excluding carboxylic acids is 1. The molecule has 0 fully saturated rings. The number of fused-ring (bicyclic) bond motifs is 1. The average molecular weight is 260 g/mol. The van der Waals surface area contributed by atoms with Gasteiger partial charge in [-0.2, -0.15) is 0 Å². The molecule has 2 aromatic rings. The van der Waals surface area contributed by atoms with E-state index in [1.54, 1.807) is 0 Å². The topological polar surface area (TPSA) is 55.0 Å². The second-order valence-corrected chi connectivity index (χ2v) is 4.79. The summed E-state index contributed by atoms with van der Waals surface area (Å²) in [5, 5.41) is 0. The molecule has 0 bridgehead atoms. The summed E-state index contributed by atoms with van der Waals surface area (Å²) in [6, 6.07) is 4.11. The maximum atomic E-state index is 11.9. The highest BCUT2D eigenvalue weighted by atomic mass is 16.5. The summed E-state index contributed by atoms with van der Waals surface area (Å²) in [5.74, 6) is 0.173. The van der Waals surface area contributed by atoms with E-state index < -0.39 is 0 Å². The van der Waals surface area contributed by atoms with E-state index in [1.807, 2.05) is 19.9 Å². The molecule has 0 aliphatic rings. The number of ether oxygens (including phenoxy) is 1. The van der Waals surface area contributed by atoms with Crippen LogP contribution in [0.3, 0.4) is 0 Å². The van der Waals surface area contributed by atoms with Crippen LogP contribution in [0.4, 0.5) is 0 Å². The molecule has 1 heterocycles. The fourth-order valence-corrected chi connectivity index (χ4v) is 2.17. The number of aromatic amines is 1. The highest BCUT2D eigenvalue weighted by molar-refractivity contribution is 5.81. The van der Waals surface area contributed by atoms with Crippen molar-refractivity contribution in [3.8, 4) is 0 Å². The van der Waals surface area contributed by atoms with Gasteiger partial charge in [-0.3, -0.25) is 4.79 Å². The number of nitrogens with zero attached hydrogens (tertiary/aromatic N) is 1. The highest BCUT2D eigenvalue weighted by Crippen LogP contribution is 2.23. The second-order valence-electron chi connectivity index (χ2n) is 4.79. The molecule has 102 valence electrons. The fraction of sp³-hybridized carbons (Fsp3) is 0.467. The van der Waals surface area contributed by atoms with Gasteiger partial charge in [0.2, 0.25) is 0 Å². The van der Waals surface area contributed by atoms with Crippen LogP contribution in [-0.4, -0.2) is 22.5 Å². The molecule has 4 heteroatoms. The van der Waals surface area contributed by atoms with Gasteiger partial charge in [-0.25, -0.2) is 4.98 Å². The largest absolute Gasteiger partial charge is 0.465 e. The summed E-state index contributed by atoms with van der Waals surface area (Å²) in [4.78, 5) is 19.7. The predicted octanol–water partition coefficient (Wildman–Crippen LogP) is 3.24. The first-order valence-electron chi connectivity index (χ1n) is 6.70. The Morgan fingerprint density at radius 3 is 2.63 bits per heavy atom. The molecule has 1 unspecified atom stereocenters. The van der Waals surface area contributed by atoms with E-state index in [0.717, 1.165) is 11.0 Å². The van der Waals surface area contributed by atoms with Crippen molar-refractivity contribution in [1.82, 2.24) is 9.97 Å². The molecule has 0 saturated heterocycles. The first kappa shape index (κ1) is 13.6. The Bertz CT molecular complexity index is 562. The monoisotopic (exact) mass is 260 g/mol. The SMILES string of the molecule is CCOC(=O)C(CC)c1nc2cc(C)c(C)cc2[nH]1. The van der Waals surface area contributed by atoms with Gasteiger partial charge in [0.25, 0.3) is 0 Å². The molecule has 0 spiro atoms. The predicted molar refractivity (Wildman–Crippen MR) is 75.2 cm³/mol. The van der Waals surface area contributed by atoms with E-state index in [9.17, 15) is 4.79 Å². The number of aromatic nitrogens is 2. The molecular weight excluding hydrogens is 240 g/mol. The van der Waals surface area contributed by atoms with Crippen LogP contribution in [0.2, 0.25) is 0 Å². The Kier molecular flexibility index (Phi) is 3.88. The summed E-state index contributed by atoms with van der Waals surface area (Å²) in [5.41, 5.74) is 4.29. The van der Waals surface area contributed by atoms with E-state index in [2.05, 4.69) is 29.9 Å². The number of imidazole rings is 1. The number of rotatable bonds is 4. The van der Waals surface area contributed by atoms with Crippen LogP contribution in [0, 0.1) is 13.8 Å². The molecule has 19 heavy (non-hydrogen) atoms. The smallest absolute Gasteiger partial charge is 0.316 e. The molecule has 0 saturated carbocycles. The Morgan fingerprint density at radius 1 is 1.32 bits per heavy atom. The van der Waals surface area contributed by atoms with Crippen LogP contribution in [0.15, 0.2) is 12.1 Å². The van der Waals surface area contributed by atoms with Crippen LogP contribution >= 0.6 is 0 Å². The number of hydrogen-bond donors (Lipinski definition) is 1. The normalized spacial score (nSPS) is 12.6. The summed E-state index contributed by atoms with van der Waals surface area (Å²) >= 11 is 0. The fourth-order valence-electron chi connectivity index (χ4n) is 2.17. The number of H-pyrrole nitrogens is 1. The minimum atomic E-state index is -0.312. The third-order valence-electron chi connectivity index (χ3n) is 3.43. The molecule has 0 aliphatic carbocycles. The lowest BCUT2D eigenvalue weighted by atomic mass is 10.1. The zero-order valence-corrected chi connectivity index (χ0v) is 11.9. The zero-order valence-electron chi connectivity index (χ0n) is 11.9. The Hall–Kier alpha value is -1.84. The molecule has 4 nitrogen and oxygen atoms in total. The van der Waals surface area contributed by atoms with Gasteiger partial charge in [0.05, 0.1) is 17.6 Å². The molecule has 0 radical (unpaired) electrons. The summed E-state index contributed by atoms with van der Waals surface area (Å²) in [6.07, 6.45) is 0.677. The number of nitrogens with one attached hydrogen (secondary N) is 1. The molecule has 2 rings (SSSR count). The molecule has 1 aromatic heterocycles. The Morgan fingerprint density at radius 2 is 2.00 bits per heavy atom. The maximum absolute atomic E-state index is 11.9. The summed E-state index contributed by atoms with van der Waals surface area (Å²) in [6.45, 7) is 8.30. The van der Waals surface area contributed by atoms with Gasteiger partial charge in [0.15, 0.2) is 0 Å².